The predicted octanol–water partition coefficient (Wildman–Crippen LogP) is 3.32. The number of aliphatic carboxylic acids is 2. The Morgan fingerprint density at radius 1 is 1.06 bits per heavy atom. The Bertz CT molecular complexity index is 973. The molecular weight excluding hydrogens is 492 g/mol. The average molecular weight is 511 g/mol. The molecule has 0 bridgehead atoms. The van der Waals surface area contributed by atoms with Crippen LogP contribution >= 0.6 is 0 Å². The van der Waals surface area contributed by atoms with Crippen molar-refractivity contribution in [2.24, 2.45) is 0 Å². The molecule has 1 amide bonds. The number of halogens is 6. The van der Waals surface area contributed by atoms with Gasteiger partial charge < -0.3 is 19.5 Å². The number of carboxylic acid groups (broad SMARTS) is 2. The van der Waals surface area contributed by atoms with Crippen molar-refractivity contribution in [3.05, 3.63) is 48.7 Å². The highest BCUT2D eigenvalue weighted by Gasteiger charge is 2.47. The second kappa shape index (κ2) is 11.2. The number of rotatable bonds is 3. The summed E-state index contributed by atoms with van der Waals surface area (Å²) in [5.74, 6) is -5.31. The van der Waals surface area contributed by atoms with Crippen molar-refractivity contribution in [3.8, 4) is 0 Å². The second-order valence-corrected chi connectivity index (χ2v) is 7.31. The molecule has 35 heavy (non-hydrogen) atoms. The molecular formula is C20H19F6N3O6. The molecule has 2 N–H and O–H groups in total. The van der Waals surface area contributed by atoms with Crippen molar-refractivity contribution in [2.75, 3.05) is 11.4 Å². The summed E-state index contributed by atoms with van der Waals surface area (Å²) < 4.78 is 68.6. The molecule has 0 saturated carbocycles. The summed E-state index contributed by atoms with van der Waals surface area (Å²) in [6.45, 7) is 1.87. The monoisotopic (exact) mass is 511 g/mol. The van der Waals surface area contributed by atoms with Crippen molar-refractivity contribution < 1.29 is 55.4 Å². The summed E-state index contributed by atoms with van der Waals surface area (Å²) in [7, 11) is 0. The first kappa shape index (κ1) is 27.6. The minimum atomic E-state index is -5.08. The fourth-order valence-electron chi connectivity index (χ4n) is 3.57. The van der Waals surface area contributed by atoms with Gasteiger partial charge in [-0.15, -0.1) is 0 Å². The molecule has 0 unspecified atom stereocenters. The number of hydrogen-bond donors (Lipinski definition) is 2. The van der Waals surface area contributed by atoms with Gasteiger partial charge in [-0.3, -0.25) is 14.7 Å². The van der Waals surface area contributed by atoms with Crippen LogP contribution in [-0.2, 0) is 20.9 Å². The number of carbonyl (C=O) groups is 3. The van der Waals surface area contributed by atoms with Gasteiger partial charge in [0.15, 0.2) is 0 Å². The summed E-state index contributed by atoms with van der Waals surface area (Å²) in [6, 6.07) is 6.41. The number of pyridine rings is 1. The van der Waals surface area contributed by atoms with Gasteiger partial charge in [-0.25, -0.2) is 9.59 Å². The standard InChI is InChI=1S/C16H17N3O2.2C2HF3O2/c20-16-8-15-14(19(16)13-2-1-5-17-9-13)3-6-18(15)10-12-4-7-21-11-12;2*3-2(4,5)1(6)7/h1-2,4-5,7,9,11,14-15H,3,6,8,10H2;2*(H,6,7)/t14-,15+;;/m1../s1. The van der Waals surface area contributed by atoms with Crippen molar-refractivity contribution in [2.45, 2.75) is 43.8 Å². The molecule has 192 valence electrons. The van der Waals surface area contributed by atoms with Crippen LogP contribution in [0.3, 0.4) is 0 Å². The lowest BCUT2D eigenvalue weighted by Gasteiger charge is -2.25. The number of hydrogen-bond acceptors (Lipinski definition) is 6. The number of fused-ring (bicyclic) bond motifs is 1. The van der Waals surface area contributed by atoms with Crippen LogP contribution in [0.25, 0.3) is 0 Å². The number of carbonyl (C=O) groups excluding carboxylic acids is 1. The van der Waals surface area contributed by atoms with Gasteiger partial charge in [0, 0.05) is 37.3 Å². The number of furan rings is 1. The van der Waals surface area contributed by atoms with E-state index in [1.165, 1.54) is 5.56 Å². The van der Waals surface area contributed by atoms with E-state index in [4.69, 9.17) is 24.2 Å². The highest BCUT2D eigenvalue weighted by molar-refractivity contribution is 5.97. The van der Waals surface area contributed by atoms with Gasteiger partial charge in [-0.2, -0.15) is 26.3 Å². The van der Waals surface area contributed by atoms with E-state index >= 15 is 0 Å². The van der Waals surface area contributed by atoms with Gasteiger partial charge >= 0.3 is 24.3 Å². The number of carboxylic acids is 2. The van der Waals surface area contributed by atoms with Crippen LogP contribution in [0.5, 0.6) is 0 Å². The average Bonchev–Trinajstić information content (AvgIpc) is 3.47. The van der Waals surface area contributed by atoms with E-state index in [0.29, 0.717) is 12.5 Å². The van der Waals surface area contributed by atoms with Gasteiger partial charge in [0.2, 0.25) is 5.91 Å². The van der Waals surface area contributed by atoms with E-state index in [9.17, 15) is 31.1 Å². The number of amides is 1. The third-order valence-electron chi connectivity index (χ3n) is 4.98. The minimum Gasteiger partial charge on any atom is -0.475 e. The Morgan fingerprint density at radius 2 is 1.66 bits per heavy atom. The number of alkyl halides is 6. The fraction of sp³-hybridized carbons (Fsp3) is 0.400. The van der Waals surface area contributed by atoms with Crippen LogP contribution < -0.4 is 4.90 Å². The van der Waals surface area contributed by atoms with Gasteiger partial charge in [-0.05, 0) is 24.6 Å². The zero-order valence-corrected chi connectivity index (χ0v) is 17.7. The van der Waals surface area contributed by atoms with Gasteiger partial charge in [0.1, 0.15) is 0 Å². The molecule has 4 heterocycles. The maximum absolute atomic E-state index is 12.4. The van der Waals surface area contributed by atoms with Gasteiger partial charge in [0.05, 0.1) is 30.5 Å². The normalized spacial score (nSPS) is 19.8. The van der Waals surface area contributed by atoms with E-state index in [1.54, 1.807) is 24.9 Å². The molecule has 2 atom stereocenters. The van der Waals surface area contributed by atoms with Gasteiger partial charge in [-0.1, -0.05) is 0 Å². The van der Waals surface area contributed by atoms with E-state index in [0.717, 1.165) is 25.2 Å². The SMILES string of the molecule is O=C(O)C(F)(F)F.O=C(O)C(F)(F)F.O=C1C[C@H]2[C@@H](CCN2Cc2ccoc2)N1c1cccnc1. The zero-order valence-electron chi connectivity index (χ0n) is 17.7. The van der Waals surface area contributed by atoms with Crippen LogP contribution in [0.1, 0.15) is 18.4 Å². The van der Waals surface area contributed by atoms with Crippen LogP contribution in [0, 0.1) is 0 Å². The van der Waals surface area contributed by atoms with Crippen LogP contribution in [0.15, 0.2) is 47.5 Å². The van der Waals surface area contributed by atoms with E-state index in [2.05, 4.69) is 9.88 Å². The molecule has 0 radical (unpaired) electrons. The maximum Gasteiger partial charge on any atom is 0.490 e. The first-order chi connectivity index (χ1) is 16.2. The summed E-state index contributed by atoms with van der Waals surface area (Å²) >= 11 is 0. The minimum absolute atomic E-state index is 0.204. The highest BCUT2D eigenvalue weighted by Crippen LogP contribution is 2.36. The Morgan fingerprint density at radius 3 is 2.11 bits per heavy atom. The Hall–Kier alpha value is -3.62. The first-order valence-electron chi connectivity index (χ1n) is 9.79. The topological polar surface area (TPSA) is 124 Å². The quantitative estimate of drug-likeness (QED) is 0.602. The lowest BCUT2D eigenvalue weighted by molar-refractivity contribution is -0.193. The zero-order chi connectivity index (χ0) is 26.4. The Labute approximate surface area is 193 Å². The van der Waals surface area contributed by atoms with E-state index in [-0.39, 0.29) is 11.9 Å². The summed E-state index contributed by atoms with van der Waals surface area (Å²) in [4.78, 5) is 38.6. The number of anilines is 1. The van der Waals surface area contributed by atoms with Crippen LogP contribution in [0.2, 0.25) is 0 Å². The smallest absolute Gasteiger partial charge is 0.475 e. The fourth-order valence-corrected chi connectivity index (χ4v) is 3.57. The summed E-state index contributed by atoms with van der Waals surface area (Å²) in [6.07, 6.45) is -1.56. The van der Waals surface area contributed by atoms with Gasteiger partial charge in [0.25, 0.3) is 0 Å². The Kier molecular flexibility index (Phi) is 8.84. The molecule has 2 saturated heterocycles. The highest BCUT2D eigenvalue weighted by atomic mass is 19.4. The second-order valence-electron chi connectivity index (χ2n) is 7.31. The molecule has 9 nitrogen and oxygen atoms in total. The summed E-state index contributed by atoms with van der Waals surface area (Å²) in [5, 5.41) is 14.2. The molecule has 15 heteroatoms. The lowest BCUT2D eigenvalue weighted by Crippen LogP contribution is -2.37. The molecule has 0 aromatic carbocycles. The number of nitrogens with zero attached hydrogens (tertiary/aromatic N) is 3. The first-order valence-corrected chi connectivity index (χ1v) is 9.79. The molecule has 2 aliphatic heterocycles. The van der Waals surface area contributed by atoms with E-state index in [1.807, 2.05) is 23.1 Å². The molecule has 2 aliphatic rings. The van der Waals surface area contributed by atoms with Crippen LogP contribution in [-0.4, -0.2) is 68.9 Å². The number of aromatic nitrogens is 1. The molecule has 2 aromatic rings. The van der Waals surface area contributed by atoms with Crippen molar-refractivity contribution in [3.63, 3.8) is 0 Å². The third-order valence-corrected chi connectivity index (χ3v) is 4.98. The molecule has 0 aliphatic carbocycles. The van der Waals surface area contributed by atoms with Crippen LogP contribution in [0.4, 0.5) is 32.0 Å². The third kappa shape index (κ3) is 7.70. The number of likely N-dealkylation sites (tertiary alicyclic amines) is 1. The van der Waals surface area contributed by atoms with Crippen molar-refractivity contribution in [1.82, 2.24) is 9.88 Å². The molecule has 2 fully saturated rings. The Balaban J connectivity index is 0.000000257. The van der Waals surface area contributed by atoms with E-state index < -0.39 is 24.3 Å². The van der Waals surface area contributed by atoms with Crippen molar-refractivity contribution >= 4 is 23.5 Å². The van der Waals surface area contributed by atoms with Crippen molar-refractivity contribution in [1.29, 1.82) is 0 Å². The largest absolute Gasteiger partial charge is 0.490 e. The summed E-state index contributed by atoms with van der Waals surface area (Å²) in [5.41, 5.74) is 2.09. The maximum atomic E-state index is 12.4. The molecule has 4 rings (SSSR count). The predicted molar refractivity (Wildman–Crippen MR) is 105 cm³/mol. The molecule has 0 spiro atoms. The lowest BCUT2D eigenvalue weighted by atomic mass is 10.1. The molecule has 2 aromatic heterocycles.